The minimum atomic E-state index is -0.500. The molecule has 1 saturated heterocycles. The van der Waals surface area contributed by atoms with Crippen LogP contribution in [0.4, 0.5) is 4.39 Å². The summed E-state index contributed by atoms with van der Waals surface area (Å²) in [6.07, 6.45) is 2.92. The van der Waals surface area contributed by atoms with Crippen molar-refractivity contribution in [2.75, 3.05) is 20.3 Å². The van der Waals surface area contributed by atoms with Gasteiger partial charge in [-0.2, -0.15) is 0 Å². The Morgan fingerprint density at radius 2 is 1.97 bits per heavy atom. The van der Waals surface area contributed by atoms with Crippen molar-refractivity contribution >= 4 is 5.91 Å². The number of carbonyl (C=O) groups excluding carboxylic acids is 1. The van der Waals surface area contributed by atoms with Crippen LogP contribution in [-0.4, -0.2) is 49.8 Å². The second kappa shape index (κ2) is 9.37. The van der Waals surface area contributed by atoms with E-state index in [4.69, 9.17) is 14.2 Å². The molecule has 7 heteroatoms. The molecule has 3 aliphatic rings. The van der Waals surface area contributed by atoms with E-state index in [1.165, 1.54) is 12.1 Å². The Hall–Kier alpha value is -1.54. The van der Waals surface area contributed by atoms with Crippen molar-refractivity contribution in [3.8, 4) is 0 Å². The third-order valence-corrected chi connectivity index (χ3v) is 8.34. The maximum Gasteiger partial charge on any atom is 0.220 e. The summed E-state index contributed by atoms with van der Waals surface area (Å²) < 4.78 is 30.6. The van der Waals surface area contributed by atoms with E-state index in [1.54, 1.807) is 19.2 Å². The van der Waals surface area contributed by atoms with Gasteiger partial charge in [0.05, 0.1) is 25.4 Å². The minimum absolute atomic E-state index is 0.0798. The lowest BCUT2D eigenvalue weighted by atomic mass is 9.46. The number of ether oxygens (including phenoxy) is 3. The quantitative estimate of drug-likeness (QED) is 0.696. The number of amides is 1. The fourth-order valence-electron chi connectivity index (χ4n) is 6.58. The van der Waals surface area contributed by atoms with Gasteiger partial charge >= 0.3 is 0 Å². The van der Waals surface area contributed by atoms with E-state index in [9.17, 15) is 14.3 Å². The van der Waals surface area contributed by atoms with Gasteiger partial charge in [0, 0.05) is 25.5 Å². The zero-order chi connectivity index (χ0) is 22.9. The molecule has 32 heavy (non-hydrogen) atoms. The highest BCUT2D eigenvalue weighted by atomic mass is 19.1. The molecule has 0 spiro atoms. The predicted octanol–water partition coefficient (Wildman–Crippen LogP) is 3.41. The number of methoxy groups -OCH3 is 1. The van der Waals surface area contributed by atoms with Gasteiger partial charge in [-0.15, -0.1) is 0 Å². The van der Waals surface area contributed by atoms with Gasteiger partial charge < -0.3 is 24.6 Å². The number of rotatable bonds is 6. The topological polar surface area (TPSA) is 77.0 Å². The Morgan fingerprint density at radius 3 is 2.69 bits per heavy atom. The second-order valence-electron chi connectivity index (χ2n) is 10.3. The Morgan fingerprint density at radius 1 is 1.22 bits per heavy atom. The molecule has 2 saturated carbocycles. The number of aliphatic hydroxyl groups excluding tert-OH is 1. The molecule has 4 rings (SSSR count). The molecule has 1 amide bonds. The van der Waals surface area contributed by atoms with Crippen molar-refractivity contribution < 1.29 is 28.5 Å². The molecule has 178 valence electrons. The summed E-state index contributed by atoms with van der Waals surface area (Å²) >= 11 is 0. The van der Waals surface area contributed by atoms with Crippen LogP contribution in [0.5, 0.6) is 0 Å². The van der Waals surface area contributed by atoms with Gasteiger partial charge in [-0.3, -0.25) is 4.79 Å². The smallest absolute Gasteiger partial charge is 0.220 e. The largest absolute Gasteiger partial charge is 0.393 e. The van der Waals surface area contributed by atoms with Gasteiger partial charge in [-0.1, -0.05) is 26.0 Å². The van der Waals surface area contributed by atoms with Crippen LogP contribution in [0.1, 0.15) is 51.5 Å². The highest BCUT2D eigenvalue weighted by Gasteiger charge is 2.61. The van der Waals surface area contributed by atoms with Crippen molar-refractivity contribution in [2.45, 2.75) is 71.0 Å². The van der Waals surface area contributed by atoms with Crippen LogP contribution in [0.15, 0.2) is 24.3 Å². The second-order valence-corrected chi connectivity index (χ2v) is 10.3. The summed E-state index contributed by atoms with van der Waals surface area (Å²) in [5.74, 6) is -0.194. The van der Waals surface area contributed by atoms with Crippen LogP contribution in [0.25, 0.3) is 0 Å². The number of nitrogens with one attached hydrogen (secondary N) is 1. The SMILES string of the molecule is COC[C@@H]1OC[C@@]2(C)[C@H]3CC[C@@H](O)[C@@H](CC(=O)NCc4ccc(F)cc4)[C@]3(C)CC[C@H]2O1. The van der Waals surface area contributed by atoms with Gasteiger partial charge in [0.15, 0.2) is 6.29 Å². The number of hydrogen-bond acceptors (Lipinski definition) is 5. The number of halogens is 1. The van der Waals surface area contributed by atoms with E-state index in [0.29, 0.717) is 32.1 Å². The maximum absolute atomic E-state index is 13.1. The molecule has 1 heterocycles. The number of aliphatic hydroxyl groups is 1. The first kappa shape index (κ1) is 23.6. The molecule has 0 radical (unpaired) electrons. The monoisotopic (exact) mass is 449 g/mol. The normalized spacial score (nSPS) is 39.1. The summed E-state index contributed by atoms with van der Waals surface area (Å²) in [6.45, 7) is 5.85. The van der Waals surface area contributed by atoms with Crippen LogP contribution in [0.3, 0.4) is 0 Å². The van der Waals surface area contributed by atoms with E-state index in [1.807, 2.05) is 0 Å². The van der Waals surface area contributed by atoms with Crippen LogP contribution >= 0.6 is 0 Å². The molecule has 3 fully saturated rings. The van der Waals surface area contributed by atoms with Crippen molar-refractivity contribution in [3.05, 3.63) is 35.6 Å². The van der Waals surface area contributed by atoms with E-state index in [0.717, 1.165) is 24.8 Å². The summed E-state index contributed by atoms with van der Waals surface area (Å²) in [6, 6.07) is 6.13. The standard InChI is InChI=1S/C25H36FNO5/c1-24-11-10-21-25(2,15-31-23(32-21)14-30-3)20(24)9-8-19(28)18(24)12-22(29)27-13-16-4-6-17(26)7-5-16/h4-7,18-21,23,28H,8-15H2,1-3H3,(H,27,29)/t18-,19-,20+,21-,23-,24+,25+/m1/s1. The molecule has 7 atom stereocenters. The average Bonchev–Trinajstić information content (AvgIpc) is 2.76. The molecule has 0 unspecified atom stereocenters. The molecule has 2 N–H and O–H groups in total. The van der Waals surface area contributed by atoms with E-state index < -0.39 is 6.10 Å². The van der Waals surface area contributed by atoms with Crippen molar-refractivity contribution in [1.82, 2.24) is 5.32 Å². The van der Waals surface area contributed by atoms with E-state index in [-0.39, 0.29) is 47.3 Å². The summed E-state index contributed by atoms with van der Waals surface area (Å²) in [7, 11) is 1.65. The van der Waals surface area contributed by atoms with Gasteiger partial charge in [0.2, 0.25) is 5.91 Å². The first-order valence-electron chi connectivity index (χ1n) is 11.7. The minimum Gasteiger partial charge on any atom is -0.393 e. The maximum atomic E-state index is 13.1. The third-order valence-electron chi connectivity index (χ3n) is 8.34. The molecular weight excluding hydrogens is 413 g/mol. The molecule has 0 bridgehead atoms. The van der Waals surface area contributed by atoms with E-state index >= 15 is 0 Å². The molecule has 6 nitrogen and oxygen atoms in total. The highest BCUT2D eigenvalue weighted by Crippen LogP contribution is 2.62. The highest BCUT2D eigenvalue weighted by molar-refractivity contribution is 5.76. The zero-order valence-corrected chi connectivity index (χ0v) is 19.3. The van der Waals surface area contributed by atoms with Gasteiger partial charge in [-0.05, 0) is 60.6 Å². The zero-order valence-electron chi connectivity index (χ0n) is 19.3. The summed E-state index contributed by atoms with van der Waals surface area (Å²) in [4.78, 5) is 12.8. The van der Waals surface area contributed by atoms with E-state index in [2.05, 4.69) is 19.2 Å². The van der Waals surface area contributed by atoms with Crippen LogP contribution in [0.2, 0.25) is 0 Å². The van der Waals surface area contributed by atoms with Crippen LogP contribution in [0, 0.1) is 28.5 Å². The lowest BCUT2D eigenvalue weighted by Gasteiger charge is -2.62. The van der Waals surface area contributed by atoms with Gasteiger partial charge in [-0.25, -0.2) is 4.39 Å². The lowest BCUT2D eigenvalue weighted by Crippen LogP contribution is -2.63. The Bertz CT molecular complexity index is 804. The number of hydrogen-bond donors (Lipinski definition) is 2. The molecule has 1 aromatic carbocycles. The fraction of sp³-hybridized carbons (Fsp3) is 0.720. The number of fused-ring (bicyclic) bond motifs is 3. The van der Waals surface area contributed by atoms with Crippen molar-refractivity contribution in [1.29, 1.82) is 0 Å². The van der Waals surface area contributed by atoms with Crippen LogP contribution < -0.4 is 5.32 Å². The van der Waals surface area contributed by atoms with Crippen LogP contribution in [-0.2, 0) is 25.5 Å². The third kappa shape index (κ3) is 4.45. The Kier molecular flexibility index (Phi) is 6.92. The molecular formula is C25H36FNO5. The lowest BCUT2D eigenvalue weighted by molar-refractivity contribution is -0.315. The summed E-state index contributed by atoms with van der Waals surface area (Å²) in [5, 5.41) is 13.9. The Balaban J connectivity index is 1.44. The first-order chi connectivity index (χ1) is 15.3. The molecule has 0 aromatic heterocycles. The molecule has 1 aliphatic heterocycles. The molecule has 1 aromatic rings. The number of carbonyl (C=O) groups is 1. The van der Waals surface area contributed by atoms with Crippen molar-refractivity contribution in [3.63, 3.8) is 0 Å². The molecule has 2 aliphatic carbocycles. The first-order valence-corrected chi connectivity index (χ1v) is 11.7. The Labute approximate surface area is 189 Å². The van der Waals surface area contributed by atoms with Crippen molar-refractivity contribution in [2.24, 2.45) is 22.7 Å². The summed E-state index contributed by atoms with van der Waals surface area (Å²) in [5.41, 5.74) is 0.528. The predicted molar refractivity (Wildman–Crippen MR) is 117 cm³/mol. The number of benzene rings is 1. The average molecular weight is 450 g/mol. The van der Waals surface area contributed by atoms with Gasteiger partial charge in [0.1, 0.15) is 5.82 Å². The fourth-order valence-corrected chi connectivity index (χ4v) is 6.58. The van der Waals surface area contributed by atoms with Gasteiger partial charge in [0.25, 0.3) is 0 Å².